The monoisotopic (exact) mass is 351 g/mol. The van der Waals surface area contributed by atoms with Gasteiger partial charge in [0.1, 0.15) is 11.4 Å². The van der Waals surface area contributed by atoms with Crippen LogP contribution < -0.4 is 4.90 Å². The van der Waals surface area contributed by atoms with Crippen LogP contribution in [0.3, 0.4) is 0 Å². The number of phenolic OH excluding ortho intramolecular Hbond substituents is 1. The molecule has 0 aliphatic carbocycles. The quantitative estimate of drug-likeness (QED) is 0.857. The fraction of sp³-hybridized carbons (Fsp3) is 0.100. The van der Waals surface area contributed by atoms with Crippen molar-refractivity contribution in [1.29, 1.82) is 0 Å². The zero-order chi connectivity index (χ0) is 18.7. The molecule has 0 unspecified atom stereocenters. The summed E-state index contributed by atoms with van der Waals surface area (Å²) in [5.74, 6) is -1.24. The van der Waals surface area contributed by atoms with Gasteiger partial charge in [0.05, 0.1) is 25.5 Å². The Morgan fingerprint density at radius 3 is 2.50 bits per heavy atom. The second-order valence-electron chi connectivity index (χ2n) is 5.50. The number of aromatic hydroxyl groups is 1. The summed E-state index contributed by atoms with van der Waals surface area (Å²) in [4.78, 5) is 26.3. The minimum Gasteiger partial charge on any atom is -0.508 e. The molecular formula is C20H17NO5. The Labute approximate surface area is 150 Å². The van der Waals surface area contributed by atoms with Crippen LogP contribution in [0, 0.1) is 0 Å². The van der Waals surface area contributed by atoms with Crippen molar-refractivity contribution in [3.05, 3.63) is 72.1 Å². The zero-order valence-corrected chi connectivity index (χ0v) is 14.3. The first-order valence-electron chi connectivity index (χ1n) is 7.83. The minimum absolute atomic E-state index is 0.0280. The Morgan fingerprint density at radius 1 is 1.00 bits per heavy atom. The predicted octanol–water partition coefficient (Wildman–Crippen LogP) is 3.04. The standard InChI is InChI=1S/C20H17NO5/c1-25-19(23)15-7-3-4-11-21(18(15)20(24)26-2)17-8-5-6-13-9-10-14(22)12-16(13)17/h3-12,22H,1-2H3. The van der Waals surface area contributed by atoms with Crippen LogP contribution in [0.25, 0.3) is 10.8 Å². The number of methoxy groups -OCH3 is 2. The summed E-state index contributed by atoms with van der Waals surface area (Å²) < 4.78 is 9.70. The van der Waals surface area contributed by atoms with E-state index in [1.165, 1.54) is 20.3 Å². The van der Waals surface area contributed by atoms with E-state index >= 15 is 0 Å². The highest BCUT2D eigenvalue weighted by Gasteiger charge is 2.28. The molecule has 0 amide bonds. The number of fused-ring (bicyclic) bond motifs is 1. The molecule has 0 atom stereocenters. The van der Waals surface area contributed by atoms with Crippen molar-refractivity contribution in [3.8, 4) is 5.75 Å². The molecule has 1 heterocycles. The van der Waals surface area contributed by atoms with E-state index in [1.807, 2.05) is 12.1 Å². The number of carbonyl (C=O) groups is 2. The summed E-state index contributed by atoms with van der Waals surface area (Å²) in [5, 5.41) is 11.5. The normalized spacial score (nSPS) is 13.7. The Kier molecular flexibility index (Phi) is 4.75. The molecule has 0 fully saturated rings. The van der Waals surface area contributed by atoms with Crippen molar-refractivity contribution < 1.29 is 24.2 Å². The fourth-order valence-electron chi connectivity index (χ4n) is 2.81. The second kappa shape index (κ2) is 7.14. The van der Waals surface area contributed by atoms with Gasteiger partial charge in [0.15, 0.2) is 0 Å². The number of phenols is 1. The van der Waals surface area contributed by atoms with Gasteiger partial charge in [0.2, 0.25) is 0 Å². The summed E-state index contributed by atoms with van der Waals surface area (Å²) in [6.07, 6.45) is 6.48. The third-order valence-electron chi connectivity index (χ3n) is 3.99. The van der Waals surface area contributed by atoms with E-state index in [4.69, 9.17) is 9.47 Å². The lowest BCUT2D eigenvalue weighted by Crippen LogP contribution is -2.27. The molecule has 0 saturated carbocycles. The van der Waals surface area contributed by atoms with Crippen molar-refractivity contribution in [2.24, 2.45) is 0 Å². The number of benzene rings is 2. The third-order valence-corrected chi connectivity index (χ3v) is 3.99. The van der Waals surface area contributed by atoms with Gasteiger partial charge in [0, 0.05) is 11.6 Å². The molecule has 0 saturated heterocycles. The number of allylic oxidation sites excluding steroid dienone is 2. The lowest BCUT2D eigenvalue weighted by atomic mass is 10.1. The topological polar surface area (TPSA) is 76.1 Å². The molecule has 2 aromatic rings. The molecule has 0 aromatic heterocycles. The lowest BCUT2D eigenvalue weighted by molar-refractivity contribution is -0.139. The number of anilines is 1. The van der Waals surface area contributed by atoms with Gasteiger partial charge >= 0.3 is 11.9 Å². The highest BCUT2D eigenvalue weighted by molar-refractivity contribution is 6.07. The Hall–Kier alpha value is -3.54. The largest absolute Gasteiger partial charge is 0.508 e. The van der Waals surface area contributed by atoms with Crippen LogP contribution in [0.4, 0.5) is 5.69 Å². The van der Waals surface area contributed by atoms with Crippen molar-refractivity contribution in [3.63, 3.8) is 0 Å². The van der Waals surface area contributed by atoms with E-state index in [9.17, 15) is 14.7 Å². The van der Waals surface area contributed by atoms with E-state index in [0.29, 0.717) is 11.1 Å². The summed E-state index contributed by atoms with van der Waals surface area (Å²) in [7, 11) is 2.49. The smallest absolute Gasteiger partial charge is 0.355 e. The van der Waals surface area contributed by atoms with Crippen LogP contribution >= 0.6 is 0 Å². The van der Waals surface area contributed by atoms with Crippen molar-refractivity contribution in [2.45, 2.75) is 0 Å². The van der Waals surface area contributed by atoms with Crippen LogP contribution in [0.15, 0.2) is 72.1 Å². The van der Waals surface area contributed by atoms with Crippen LogP contribution in [0.5, 0.6) is 5.75 Å². The molecule has 3 rings (SSSR count). The maximum absolute atomic E-state index is 12.5. The molecule has 0 spiro atoms. The molecule has 1 aliphatic rings. The lowest BCUT2D eigenvalue weighted by Gasteiger charge is -2.24. The third kappa shape index (κ3) is 3.04. The summed E-state index contributed by atoms with van der Waals surface area (Å²) in [5.41, 5.74) is 0.710. The van der Waals surface area contributed by atoms with Crippen LogP contribution in [-0.2, 0) is 19.1 Å². The average molecular weight is 351 g/mol. The van der Waals surface area contributed by atoms with E-state index < -0.39 is 11.9 Å². The number of nitrogens with zero attached hydrogens (tertiary/aromatic N) is 1. The van der Waals surface area contributed by atoms with Gasteiger partial charge in [-0.2, -0.15) is 0 Å². The number of esters is 2. The van der Waals surface area contributed by atoms with E-state index in [1.54, 1.807) is 47.5 Å². The van der Waals surface area contributed by atoms with Crippen LogP contribution in [-0.4, -0.2) is 31.3 Å². The van der Waals surface area contributed by atoms with Crippen LogP contribution in [0.2, 0.25) is 0 Å². The molecule has 1 N–H and O–H groups in total. The predicted molar refractivity (Wildman–Crippen MR) is 97.4 cm³/mol. The molecule has 2 aromatic carbocycles. The molecule has 26 heavy (non-hydrogen) atoms. The van der Waals surface area contributed by atoms with Crippen molar-refractivity contribution in [1.82, 2.24) is 0 Å². The molecular weight excluding hydrogens is 334 g/mol. The summed E-state index contributed by atoms with van der Waals surface area (Å²) in [6.45, 7) is 0. The van der Waals surface area contributed by atoms with Gasteiger partial charge in [-0.15, -0.1) is 0 Å². The van der Waals surface area contributed by atoms with Gasteiger partial charge in [-0.1, -0.05) is 24.3 Å². The molecule has 6 nitrogen and oxygen atoms in total. The molecule has 6 heteroatoms. The Morgan fingerprint density at radius 2 is 1.77 bits per heavy atom. The molecule has 0 radical (unpaired) electrons. The van der Waals surface area contributed by atoms with Gasteiger partial charge in [-0.25, -0.2) is 9.59 Å². The Balaban J connectivity index is 2.30. The van der Waals surface area contributed by atoms with Gasteiger partial charge in [-0.3, -0.25) is 0 Å². The molecule has 0 bridgehead atoms. The maximum atomic E-state index is 12.5. The Bertz CT molecular complexity index is 971. The van der Waals surface area contributed by atoms with E-state index in [-0.39, 0.29) is 17.0 Å². The number of hydrogen-bond acceptors (Lipinski definition) is 6. The molecule has 132 valence electrons. The highest BCUT2D eigenvalue weighted by atomic mass is 16.5. The molecule has 1 aliphatic heterocycles. The summed E-state index contributed by atoms with van der Waals surface area (Å²) >= 11 is 0. The number of ether oxygens (including phenoxy) is 2. The minimum atomic E-state index is -0.682. The van der Waals surface area contributed by atoms with Crippen LogP contribution in [0.1, 0.15) is 0 Å². The van der Waals surface area contributed by atoms with Crippen molar-refractivity contribution in [2.75, 3.05) is 19.1 Å². The van der Waals surface area contributed by atoms with Gasteiger partial charge < -0.3 is 19.5 Å². The van der Waals surface area contributed by atoms with E-state index in [2.05, 4.69) is 0 Å². The van der Waals surface area contributed by atoms with Crippen molar-refractivity contribution >= 4 is 28.4 Å². The second-order valence-corrected chi connectivity index (χ2v) is 5.50. The van der Waals surface area contributed by atoms with Gasteiger partial charge in [-0.05, 0) is 35.7 Å². The average Bonchev–Trinajstić information content (AvgIpc) is 2.89. The first kappa shape index (κ1) is 17.3. The number of rotatable bonds is 3. The first-order valence-corrected chi connectivity index (χ1v) is 7.83. The zero-order valence-electron chi connectivity index (χ0n) is 14.3. The van der Waals surface area contributed by atoms with Gasteiger partial charge in [0.25, 0.3) is 0 Å². The first-order chi connectivity index (χ1) is 12.6. The van der Waals surface area contributed by atoms with E-state index in [0.717, 1.165) is 5.39 Å². The summed E-state index contributed by atoms with van der Waals surface area (Å²) in [6, 6.07) is 10.5. The highest BCUT2D eigenvalue weighted by Crippen LogP contribution is 2.34. The fourth-order valence-corrected chi connectivity index (χ4v) is 2.81. The number of hydrogen-bond donors (Lipinski definition) is 1. The SMILES string of the molecule is COC(=O)C1=C(C(=O)OC)N(c2cccc3ccc(O)cc23)C=CC=C1. The number of carbonyl (C=O) groups excluding carboxylic acids is 2. The maximum Gasteiger partial charge on any atom is 0.355 e.